The molecule has 0 atom stereocenters. The summed E-state index contributed by atoms with van der Waals surface area (Å²) in [6.45, 7) is 0. The van der Waals surface area contributed by atoms with E-state index in [0.29, 0.717) is 5.82 Å². The fourth-order valence-electron chi connectivity index (χ4n) is 1.98. The maximum Gasteiger partial charge on any atom is 0.129 e. The number of hydrogen-bond acceptors (Lipinski definition) is 3. The highest BCUT2D eigenvalue weighted by Crippen LogP contribution is 2.30. The first-order valence-electron chi connectivity index (χ1n) is 5.62. The highest BCUT2D eigenvalue weighted by Gasteiger charge is 2.11. The van der Waals surface area contributed by atoms with Crippen molar-refractivity contribution < 1.29 is 0 Å². The Bertz CT molecular complexity index is 667. The minimum atomic E-state index is 0.655. The van der Waals surface area contributed by atoms with Gasteiger partial charge in [-0.15, -0.1) is 0 Å². The molecule has 0 fully saturated rings. The highest BCUT2D eigenvalue weighted by atomic mass is 15.3. The van der Waals surface area contributed by atoms with Gasteiger partial charge in [0.15, 0.2) is 0 Å². The molecule has 0 bridgehead atoms. The number of aryl methyl sites for hydroxylation is 1. The molecule has 0 aliphatic carbocycles. The van der Waals surface area contributed by atoms with E-state index < -0.39 is 0 Å². The monoisotopic (exact) mass is 239 g/mol. The van der Waals surface area contributed by atoms with Crippen LogP contribution in [0.25, 0.3) is 16.8 Å². The molecule has 18 heavy (non-hydrogen) atoms. The molecule has 90 valence electrons. The summed E-state index contributed by atoms with van der Waals surface area (Å²) < 4.78 is 3.63. The van der Waals surface area contributed by atoms with E-state index in [1.165, 1.54) is 0 Å². The van der Waals surface area contributed by atoms with Crippen LogP contribution in [0.2, 0.25) is 0 Å². The summed E-state index contributed by atoms with van der Waals surface area (Å²) in [5.41, 5.74) is 9.04. The summed E-state index contributed by atoms with van der Waals surface area (Å²) in [4.78, 5) is 4.07. The van der Waals surface area contributed by atoms with Crippen LogP contribution in [0.1, 0.15) is 0 Å². The number of rotatable bonds is 2. The largest absolute Gasteiger partial charge is 0.383 e. The van der Waals surface area contributed by atoms with Crippen molar-refractivity contribution in [3.05, 3.63) is 49.2 Å². The van der Waals surface area contributed by atoms with E-state index in [1.807, 2.05) is 42.1 Å². The lowest BCUT2D eigenvalue weighted by molar-refractivity contribution is 0.779. The average Bonchev–Trinajstić information content (AvgIpc) is 3.02. The van der Waals surface area contributed by atoms with E-state index >= 15 is 0 Å². The van der Waals surface area contributed by atoms with Crippen molar-refractivity contribution in [3.63, 3.8) is 0 Å². The van der Waals surface area contributed by atoms with E-state index in [0.717, 1.165) is 16.8 Å². The predicted octanol–water partition coefficient (Wildman–Crippen LogP) is 1.85. The Kier molecular flexibility index (Phi) is 2.37. The maximum atomic E-state index is 6.03. The lowest BCUT2D eigenvalue weighted by Gasteiger charge is -2.09. The van der Waals surface area contributed by atoms with Crippen molar-refractivity contribution in [2.75, 3.05) is 5.73 Å². The fraction of sp³-hybridized carbons (Fsp3) is 0.0769. The van der Waals surface area contributed by atoms with Crippen molar-refractivity contribution in [1.82, 2.24) is 19.3 Å². The lowest BCUT2D eigenvalue weighted by Crippen LogP contribution is -1.99. The first kappa shape index (κ1) is 10.6. The van der Waals surface area contributed by atoms with Crippen LogP contribution >= 0.6 is 0 Å². The van der Waals surface area contributed by atoms with Crippen molar-refractivity contribution in [2.45, 2.75) is 0 Å². The Balaban J connectivity index is 2.22. The van der Waals surface area contributed by atoms with Gasteiger partial charge in [0.05, 0.1) is 18.2 Å². The van der Waals surface area contributed by atoms with Crippen LogP contribution in [0.5, 0.6) is 0 Å². The number of nitrogens with zero attached hydrogens (tertiary/aromatic N) is 4. The van der Waals surface area contributed by atoms with Crippen LogP contribution in [0, 0.1) is 0 Å². The number of anilines is 1. The van der Waals surface area contributed by atoms with Gasteiger partial charge in [0.25, 0.3) is 0 Å². The summed E-state index contributed by atoms with van der Waals surface area (Å²) in [6, 6.07) is 8.04. The summed E-state index contributed by atoms with van der Waals surface area (Å²) >= 11 is 0. The smallest absolute Gasteiger partial charge is 0.129 e. The molecule has 0 aliphatic heterocycles. The Morgan fingerprint density at radius 1 is 1.17 bits per heavy atom. The molecule has 5 heteroatoms. The van der Waals surface area contributed by atoms with Crippen molar-refractivity contribution in [1.29, 1.82) is 0 Å². The van der Waals surface area contributed by atoms with Crippen LogP contribution in [0.3, 0.4) is 0 Å². The van der Waals surface area contributed by atoms with E-state index in [9.17, 15) is 0 Å². The van der Waals surface area contributed by atoms with E-state index in [2.05, 4.69) is 10.1 Å². The van der Waals surface area contributed by atoms with Gasteiger partial charge in [-0.3, -0.25) is 4.68 Å². The second-order valence-corrected chi connectivity index (χ2v) is 4.05. The first-order valence-corrected chi connectivity index (χ1v) is 5.62. The molecule has 0 saturated carbocycles. The molecule has 2 aromatic heterocycles. The van der Waals surface area contributed by atoms with Crippen LogP contribution in [-0.4, -0.2) is 19.3 Å². The molecule has 0 unspecified atom stereocenters. The Morgan fingerprint density at radius 2 is 2.00 bits per heavy atom. The van der Waals surface area contributed by atoms with Gasteiger partial charge in [0, 0.05) is 30.6 Å². The lowest BCUT2D eigenvalue weighted by atomic mass is 10.1. The molecule has 0 saturated heterocycles. The number of para-hydroxylation sites is 1. The van der Waals surface area contributed by atoms with Crippen molar-refractivity contribution in [2.24, 2.45) is 7.05 Å². The number of benzene rings is 1. The summed E-state index contributed by atoms with van der Waals surface area (Å²) in [5, 5.41) is 4.18. The fourth-order valence-corrected chi connectivity index (χ4v) is 1.98. The highest BCUT2D eigenvalue weighted by molar-refractivity contribution is 5.79. The van der Waals surface area contributed by atoms with E-state index in [-0.39, 0.29) is 0 Å². The predicted molar refractivity (Wildman–Crippen MR) is 70.2 cm³/mol. The SMILES string of the molecule is Cn1ncc(-c2ccccc2-n2ccnc2)c1N. The van der Waals surface area contributed by atoms with Gasteiger partial charge in [-0.1, -0.05) is 18.2 Å². The van der Waals surface area contributed by atoms with E-state index in [1.54, 1.807) is 23.4 Å². The molecule has 0 aliphatic rings. The quantitative estimate of drug-likeness (QED) is 0.742. The first-order chi connectivity index (χ1) is 8.77. The Hall–Kier alpha value is -2.56. The van der Waals surface area contributed by atoms with Crippen molar-refractivity contribution >= 4 is 5.82 Å². The molecule has 2 N–H and O–H groups in total. The molecule has 2 heterocycles. The summed E-state index contributed by atoms with van der Waals surface area (Å²) in [5.74, 6) is 0.655. The third-order valence-electron chi connectivity index (χ3n) is 2.96. The van der Waals surface area contributed by atoms with Crippen LogP contribution in [0.4, 0.5) is 5.82 Å². The number of nitrogen functional groups attached to an aromatic ring is 1. The van der Waals surface area contributed by atoms with Gasteiger partial charge in [-0.25, -0.2) is 4.98 Å². The number of imidazole rings is 1. The second kappa shape index (κ2) is 4.03. The second-order valence-electron chi connectivity index (χ2n) is 4.05. The van der Waals surface area contributed by atoms with Gasteiger partial charge in [0.1, 0.15) is 5.82 Å². The minimum absolute atomic E-state index is 0.655. The number of nitrogens with two attached hydrogens (primary N) is 1. The zero-order valence-electron chi connectivity index (χ0n) is 9.99. The normalized spacial score (nSPS) is 10.7. The molecule has 3 aromatic rings. The molecular formula is C13H13N5. The van der Waals surface area contributed by atoms with Crippen LogP contribution in [0.15, 0.2) is 49.2 Å². The van der Waals surface area contributed by atoms with Gasteiger partial charge in [0.2, 0.25) is 0 Å². The molecule has 1 aromatic carbocycles. The topological polar surface area (TPSA) is 61.7 Å². The van der Waals surface area contributed by atoms with Crippen LogP contribution < -0.4 is 5.73 Å². The molecule has 5 nitrogen and oxygen atoms in total. The van der Waals surface area contributed by atoms with Gasteiger partial charge >= 0.3 is 0 Å². The molecule has 0 spiro atoms. The zero-order chi connectivity index (χ0) is 12.5. The van der Waals surface area contributed by atoms with Crippen molar-refractivity contribution in [3.8, 4) is 16.8 Å². The molecule has 0 amide bonds. The standard InChI is InChI=1S/C13H13N5/c1-17-13(14)11(8-16-17)10-4-2-3-5-12(10)18-7-6-15-9-18/h2-9H,14H2,1H3. The molecule has 3 rings (SSSR count). The number of hydrogen-bond donors (Lipinski definition) is 1. The third-order valence-corrected chi connectivity index (χ3v) is 2.96. The Labute approximate surface area is 104 Å². The third kappa shape index (κ3) is 1.57. The van der Waals surface area contributed by atoms with Gasteiger partial charge in [-0.05, 0) is 6.07 Å². The molecule has 0 radical (unpaired) electrons. The van der Waals surface area contributed by atoms with Crippen LogP contribution in [-0.2, 0) is 7.05 Å². The summed E-state index contributed by atoms with van der Waals surface area (Å²) in [7, 11) is 1.83. The van der Waals surface area contributed by atoms with E-state index in [4.69, 9.17) is 5.73 Å². The Morgan fingerprint density at radius 3 is 2.67 bits per heavy atom. The minimum Gasteiger partial charge on any atom is -0.383 e. The number of aromatic nitrogens is 4. The zero-order valence-corrected chi connectivity index (χ0v) is 9.99. The average molecular weight is 239 g/mol. The molecular weight excluding hydrogens is 226 g/mol. The summed E-state index contributed by atoms with van der Waals surface area (Å²) in [6.07, 6.45) is 7.21. The van der Waals surface area contributed by atoms with Gasteiger partial charge in [-0.2, -0.15) is 5.10 Å². The maximum absolute atomic E-state index is 6.03. The van der Waals surface area contributed by atoms with Gasteiger partial charge < -0.3 is 10.3 Å².